The van der Waals surface area contributed by atoms with Gasteiger partial charge in [0, 0.05) is 5.69 Å². The molecule has 2 aromatic rings. The largest absolute Gasteiger partial charge is 0.398 e. The fourth-order valence-corrected chi connectivity index (χ4v) is 2.26. The van der Waals surface area contributed by atoms with Gasteiger partial charge in [0.05, 0.1) is 11.1 Å². The van der Waals surface area contributed by atoms with Gasteiger partial charge in [-0.25, -0.2) is 0 Å². The van der Waals surface area contributed by atoms with E-state index in [1.54, 1.807) is 23.6 Å². The number of anilines is 2. The molecule has 90 valence electrons. The molecule has 1 amide bonds. The predicted octanol–water partition coefficient (Wildman–Crippen LogP) is 2.76. The zero-order valence-corrected chi connectivity index (χ0v) is 10.5. The highest BCUT2D eigenvalue weighted by molar-refractivity contribution is 7.14. The summed E-state index contributed by atoms with van der Waals surface area (Å²) in [5, 5.41) is 13.9. The van der Waals surface area contributed by atoms with Gasteiger partial charge in [-0.1, -0.05) is 11.6 Å². The third kappa shape index (κ3) is 2.34. The smallest absolute Gasteiger partial charge is 0.258 e. The minimum absolute atomic E-state index is 0.296. The molecule has 3 N–H and O–H groups in total. The molecule has 5 heteroatoms. The number of rotatable bonds is 2. The van der Waals surface area contributed by atoms with Crippen LogP contribution in [0.25, 0.3) is 0 Å². The lowest BCUT2D eigenvalue weighted by Gasteiger charge is -2.07. The van der Waals surface area contributed by atoms with Gasteiger partial charge < -0.3 is 11.1 Å². The maximum Gasteiger partial charge on any atom is 0.258 e. The van der Waals surface area contributed by atoms with Crippen LogP contribution in [0.4, 0.5) is 10.7 Å². The quantitative estimate of drug-likeness (QED) is 0.812. The standard InChI is InChI=1S/C13H11N3OS/c1-8-2-3-11(15)10(6-8)12(17)16-13-9(7-14)4-5-18-13/h2-6H,15H2,1H3,(H,16,17). The molecule has 0 spiro atoms. The lowest BCUT2D eigenvalue weighted by Crippen LogP contribution is -2.14. The molecule has 1 aromatic carbocycles. The molecule has 0 radical (unpaired) electrons. The number of hydrogen-bond donors (Lipinski definition) is 2. The Balaban J connectivity index is 2.28. The van der Waals surface area contributed by atoms with E-state index in [9.17, 15) is 4.79 Å². The first-order chi connectivity index (χ1) is 8.61. The summed E-state index contributed by atoms with van der Waals surface area (Å²) in [6.45, 7) is 1.89. The molecule has 0 saturated heterocycles. The fraction of sp³-hybridized carbons (Fsp3) is 0.0769. The van der Waals surface area contributed by atoms with Crippen LogP contribution in [0.15, 0.2) is 29.6 Å². The third-order valence-corrected chi connectivity index (χ3v) is 3.30. The van der Waals surface area contributed by atoms with E-state index in [0.29, 0.717) is 21.8 Å². The summed E-state index contributed by atoms with van der Waals surface area (Å²) < 4.78 is 0. The second-order valence-corrected chi connectivity index (χ2v) is 4.74. The van der Waals surface area contributed by atoms with Crippen molar-refractivity contribution in [2.45, 2.75) is 6.92 Å². The van der Waals surface area contributed by atoms with Gasteiger partial charge in [0.25, 0.3) is 5.91 Å². The van der Waals surface area contributed by atoms with Gasteiger partial charge in [-0.2, -0.15) is 5.26 Å². The van der Waals surface area contributed by atoms with Crippen molar-refractivity contribution in [3.05, 3.63) is 46.3 Å². The van der Waals surface area contributed by atoms with Gasteiger partial charge in [-0.15, -0.1) is 11.3 Å². The number of nitrogens with two attached hydrogens (primary N) is 1. The van der Waals surface area contributed by atoms with E-state index in [-0.39, 0.29) is 5.91 Å². The zero-order valence-electron chi connectivity index (χ0n) is 9.73. The number of amides is 1. The van der Waals surface area contributed by atoms with Gasteiger partial charge >= 0.3 is 0 Å². The Morgan fingerprint density at radius 1 is 1.44 bits per heavy atom. The van der Waals surface area contributed by atoms with Crippen LogP contribution in [0, 0.1) is 18.3 Å². The topological polar surface area (TPSA) is 78.9 Å². The first-order valence-corrected chi connectivity index (χ1v) is 6.15. The van der Waals surface area contributed by atoms with Crippen molar-refractivity contribution in [1.29, 1.82) is 5.26 Å². The molecular formula is C13H11N3OS. The molecule has 2 rings (SSSR count). The number of aryl methyl sites for hydroxylation is 1. The van der Waals surface area contributed by atoms with Crippen molar-refractivity contribution in [1.82, 2.24) is 0 Å². The van der Waals surface area contributed by atoms with Crippen molar-refractivity contribution >= 4 is 27.9 Å². The Labute approximate surface area is 109 Å². The van der Waals surface area contributed by atoms with Crippen LogP contribution in [0.2, 0.25) is 0 Å². The van der Waals surface area contributed by atoms with E-state index < -0.39 is 0 Å². The molecule has 0 unspecified atom stereocenters. The number of carbonyl (C=O) groups excluding carboxylic acids is 1. The maximum absolute atomic E-state index is 12.1. The van der Waals surface area contributed by atoms with Crippen molar-refractivity contribution in [2.75, 3.05) is 11.1 Å². The minimum atomic E-state index is -0.296. The predicted molar refractivity (Wildman–Crippen MR) is 72.6 cm³/mol. The van der Waals surface area contributed by atoms with E-state index in [0.717, 1.165) is 5.56 Å². The van der Waals surface area contributed by atoms with Crippen molar-refractivity contribution in [3.8, 4) is 6.07 Å². The zero-order chi connectivity index (χ0) is 13.1. The Morgan fingerprint density at radius 3 is 2.94 bits per heavy atom. The lowest BCUT2D eigenvalue weighted by atomic mass is 10.1. The highest BCUT2D eigenvalue weighted by Gasteiger charge is 2.13. The monoisotopic (exact) mass is 257 g/mol. The molecule has 1 aromatic heterocycles. The number of thiophene rings is 1. The number of nitrogens with zero attached hydrogens (tertiary/aromatic N) is 1. The van der Waals surface area contributed by atoms with Crippen molar-refractivity contribution in [2.24, 2.45) is 0 Å². The van der Waals surface area contributed by atoms with Crippen LogP contribution in [0.3, 0.4) is 0 Å². The molecule has 0 aliphatic rings. The Morgan fingerprint density at radius 2 is 2.22 bits per heavy atom. The number of benzene rings is 1. The van der Waals surface area contributed by atoms with Crippen molar-refractivity contribution in [3.63, 3.8) is 0 Å². The average Bonchev–Trinajstić information content (AvgIpc) is 2.79. The molecule has 0 bridgehead atoms. The van der Waals surface area contributed by atoms with Gasteiger partial charge in [-0.3, -0.25) is 4.79 Å². The Hall–Kier alpha value is -2.32. The third-order valence-electron chi connectivity index (χ3n) is 2.47. The normalized spacial score (nSPS) is 9.78. The molecule has 0 aliphatic heterocycles. The number of carbonyl (C=O) groups is 1. The summed E-state index contributed by atoms with van der Waals surface area (Å²) in [5.74, 6) is -0.296. The summed E-state index contributed by atoms with van der Waals surface area (Å²) in [6.07, 6.45) is 0. The second kappa shape index (κ2) is 4.90. The SMILES string of the molecule is Cc1ccc(N)c(C(=O)Nc2sccc2C#N)c1. The van der Waals surface area contributed by atoms with Crippen LogP contribution in [-0.4, -0.2) is 5.91 Å². The molecule has 0 saturated carbocycles. The molecule has 0 aliphatic carbocycles. The summed E-state index contributed by atoms with van der Waals surface area (Å²) in [4.78, 5) is 12.1. The molecule has 0 fully saturated rings. The number of nitriles is 1. The number of hydrogen-bond acceptors (Lipinski definition) is 4. The van der Waals surface area contributed by atoms with E-state index in [2.05, 4.69) is 5.32 Å². The Kier molecular flexibility index (Phi) is 3.31. The van der Waals surface area contributed by atoms with Crippen molar-refractivity contribution < 1.29 is 4.79 Å². The second-order valence-electron chi connectivity index (χ2n) is 3.82. The maximum atomic E-state index is 12.1. The summed E-state index contributed by atoms with van der Waals surface area (Å²) in [7, 11) is 0. The Bertz CT molecular complexity index is 640. The summed E-state index contributed by atoms with van der Waals surface area (Å²) >= 11 is 1.31. The first-order valence-electron chi connectivity index (χ1n) is 5.27. The van der Waals surface area contributed by atoms with Crippen LogP contribution in [0.5, 0.6) is 0 Å². The lowest BCUT2D eigenvalue weighted by molar-refractivity contribution is 0.102. The molecule has 0 atom stereocenters. The van der Waals surface area contributed by atoms with Crippen LogP contribution >= 0.6 is 11.3 Å². The highest BCUT2D eigenvalue weighted by atomic mass is 32.1. The van der Waals surface area contributed by atoms with Gasteiger partial charge in [0.15, 0.2) is 0 Å². The van der Waals surface area contributed by atoms with Gasteiger partial charge in [-0.05, 0) is 30.5 Å². The number of nitrogens with one attached hydrogen (secondary N) is 1. The summed E-state index contributed by atoms with van der Waals surface area (Å²) in [5.41, 5.74) is 8.03. The van der Waals surface area contributed by atoms with Crippen LogP contribution in [-0.2, 0) is 0 Å². The molecule has 4 nitrogen and oxygen atoms in total. The molecular weight excluding hydrogens is 246 g/mol. The molecule has 18 heavy (non-hydrogen) atoms. The van der Waals surface area contributed by atoms with Gasteiger partial charge in [0.1, 0.15) is 11.1 Å². The highest BCUT2D eigenvalue weighted by Crippen LogP contribution is 2.24. The van der Waals surface area contributed by atoms with Crippen LogP contribution < -0.4 is 11.1 Å². The van der Waals surface area contributed by atoms with E-state index in [1.165, 1.54) is 11.3 Å². The van der Waals surface area contributed by atoms with Gasteiger partial charge in [0.2, 0.25) is 0 Å². The minimum Gasteiger partial charge on any atom is -0.398 e. The van der Waals surface area contributed by atoms with E-state index in [4.69, 9.17) is 11.0 Å². The van der Waals surface area contributed by atoms with E-state index in [1.807, 2.05) is 19.1 Å². The van der Waals surface area contributed by atoms with Crippen LogP contribution in [0.1, 0.15) is 21.5 Å². The van der Waals surface area contributed by atoms with E-state index >= 15 is 0 Å². The average molecular weight is 257 g/mol. The number of nitrogen functional groups attached to an aromatic ring is 1. The summed E-state index contributed by atoms with van der Waals surface area (Å²) in [6, 6.07) is 8.96. The fourth-order valence-electron chi connectivity index (χ4n) is 1.53. The molecule has 1 heterocycles. The first kappa shape index (κ1) is 12.1.